The fourth-order valence-corrected chi connectivity index (χ4v) is 1.64. The number of nitrogens with one attached hydrogen (secondary N) is 1. The van der Waals surface area contributed by atoms with Crippen LogP contribution >= 0.6 is 0 Å². The molecule has 0 bridgehead atoms. The molecule has 1 unspecified atom stereocenters. The monoisotopic (exact) mass is 237 g/mol. The number of aromatic nitrogens is 2. The van der Waals surface area contributed by atoms with Gasteiger partial charge in [0, 0.05) is 25.4 Å². The van der Waals surface area contributed by atoms with E-state index < -0.39 is 0 Å². The Morgan fingerprint density at radius 2 is 2.18 bits per heavy atom. The molecule has 1 heterocycles. The Morgan fingerprint density at radius 3 is 2.65 bits per heavy atom. The number of hydrogen-bond acceptors (Lipinski definition) is 2. The molecule has 0 spiro atoms. The number of imidazole rings is 1. The molecule has 4 heteroatoms. The first-order chi connectivity index (χ1) is 7.93. The zero-order valence-electron chi connectivity index (χ0n) is 11.2. The van der Waals surface area contributed by atoms with Gasteiger partial charge in [0.2, 0.25) is 5.91 Å². The third-order valence-electron chi connectivity index (χ3n) is 2.81. The third kappa shape index (κ3) is 4.59. The second-order valence-electron chi connectivity index (χ2n) is 5.50. The topological polar surface area (TPSA) is 46.9 Å². The van der Waals surface area contributed by atoms with E-state index in [1.54, 1.807) is 12.5 Å². The summed E-state index contributed by atoms with van der Waals surface area (Å²) in [6.07, 6.45) is 6.94. The average Bonchev–Trinajstić information content (AvgIpc) is 2.68. The van der Waals surface area contributed by atoms with Crippen LogP contribution in [0.3, 0.4) is 0 Å². The van der Waals surface area contributed by atoms with E-state index in [4.69, 9.17) is 0 Å². The number of carbonyl (C=O) groups is 1. The molecule has 1 N–H and O–H groups in total. The highest BCUT2D eigenvalue weighted by Crippen LogP contribution is 2.20. The summed E-state index contributed by atoms with van der Waals surface area (Å²) in [5.74, 6) is 0.132. The molecule has 0 aliphatic carbocycles. The van der Waals surface area contributed by atoms with Gasteiger partial charge in [0.1, 0.15) is 0 Å². The van der Waals surface area contributed by atoms with Gasteiger partial charge in [-0.05, 0) is 11.8 Å². The Kier molecular flexibility index (Phi) is 4.73. The molecule has 0 aliphatic heterocycles. The maximum absolute atomic E-state index is 11.7. The smallest absolute Gasteiger partial charge is 0.220 e. The molecule has 1 rings (SSSR count). The molecule has 96 valence electrons. The van der Waals surface area contributed by atoms with E-state index in [2.05, 4.69) is 31.1 Å². The van der Waals surface area contributed by atoms with Crippen molar-refractivity contribution in [3.8, 4) is 0 Å². The van der Waals surface area contributed by atoms with E-state index in [1.807, 2.05) is 17.7 Å². The quantitative estimate of drug-likeness (QED) is 0.853. The summed E-state index contributed by atoms with van der Waals surface area (Å²) < 4.78 is 2.00. The first-order valence-corrected chi connectivity index (χ1v) is 6.18. The van der Waals surface area contributed by atoms with Crippen molar-refractivity contribution in [3.05, 3.63) is 18.7 Å². The molecular weight excluding hydrogens is 214 g/mol. The highest BCUT2D eigenvalue weighted by Gasteiger charge is 2.26. The molecule has 4 nitrogen and oxygen atoms in total. The molecule has 1 atom stereocenters. The molecule has 0 saturated heterocycles. The van der Waals surface area contributed by atoms with Crippen LogP contribution in [-0.4, -0.2) is 21.5 Å². The van der Waals surface area contributed by atoms with Crippen molar-refractivity contribution in [1.82, 2.24) is 14.9 Å². The van der Waals surface area contributed by atoms with Crippen LogP contribution in [0.1, 0.15) is 40.5 Å². The van der Waals surface area contributed by atoms with Gasteiger partial charge >= 0.3 is 0 Å². The number of rotatable bonds is 5. The zero-order valence-corrected chi connectivity index (χ0v) is 11.2. The summed E-state index contributed by atoms with van der Waals surface area (Å²) >= 11 is 0. The van der Waals surface area contributed by atoms with Crippen LogP contribution in [0.15, 0.2) is 18.7 Å². The fourth-order valence-electron chi connectivity index (χ4n) is 1.64. The van der Waals surface area contributed by atoms with Crippen LogP contribution in [-0.2, 0) is 11.3 Å². The minimum absolute atomic E-state index is 0.0354. The van der Waals surface area contributed by atoms with Crippen molar-refractivity contribution in [1.29, 1.82) is 0 Å². The maximum Gasteiger partial charge on any atom is 0.220 e. The summed E-state index contributed by atoms with van der Waals surface area (Å²) in [6, 6.07) is 0.121. The van der Waals surface area contributed by atoms with Crippen molar-refractivity contribution in [2.75, 3.05) is 0 Å². The third-order valence-corrected chi connectivity index (χ3v) is 2.81. The van der Waals surface area contributed by atoms with E-state index in [0.29, 0.717) is 6.42 Å². The van der Waals surface area contributed by atoms with Crippen molar-refractivity contribution in [2.24, 2.45) is 5.41 Å². The average molecular weight is 237 g/mol. The molecule has 0 aliphatic rings. The van der Waals surface area contributed by atoms with E-state index in [-0.39, 0.29) is 17.4 Å². The van der Waals surface area contributed by atoms with Crippen LogP contribution in [0.5, 0.6) is 0 Å². The molecule has 1 aromatic heterocycles. The van der Waals surface area contributed by atoms with Crippen LogP contribution in [0.4, 0.5) is 0 Å². The lowest BCUT2D eigenvalue weighted by Crippen LogP contribution is -2.46. The van der Waals surface area contributed by atoms with Crippen LogP contribution in [0, 0.1) is 5.41 Å². The molecule has 0 radical (unpaired) electrons. The fraction of sp³-hybridized carbons (Fsp3) is 0.692. The lowest BCUT2D eigenvalue weighted by Gasteiger charge is -2.31. The van der Waals surface area contributed by atoms with Gasteiger partial charge in [-0.25, -0.2) is 4.98 Å². The molecule has 0 fully saturated rings. The minimum Gasteiger partial charge on any atom is -0.351 e. The summed E-state index contributed by atoms with van der Waals surface area (Å²) in [4.78, 5) is 15.7. The van der Waals surface area contributed by atoms with Crippen LogP contribution < -0.4 is 5.32 Å². The molecular formula is C13H23N3O. The predicted molar refractivity (Wildman–Crippen MR) is 68.5 cm³/mol. The summed E-state index contributed by atoms with van der Waals surface area (Å²) in [6.45, 7) is 9.20. The van der Waals surface area contributed by atoms with Gasteiger partial charge in [-0.3, -0.25) is 4.79 Å². The van der Waals surface area contributed by atoms with Crippen LogP contribution in [0.2, 0.25) is 0 Å². The van der Waals surface area contributed by atoms with Gasteiger partial charge in [-0.15, -0.1) is 0 Å². The van der Waals surface area contributed by atoms with Gasteiger partial charge < -0.3 is 9.88 Å². The predicted octanol–water partition coefficient (Wildman–Crippen LogP) is 2.21. The van der Waals surface area contributed by atoms with Gasteiger partial charge in [0.25, 0.3) is 0 Å². The summed E-state index contributed by atoms with van der Waals surface area (Å²) in [5, 5.41) is 3.11. The minimum atomic E-state index is 0.0354. The Hall–Kier alpha value is -1.32. The Balaban J connectivity index is 2.65. The van der Waals surface area contributed by atoms with Gasteiger partial charge in [0.15, 0.2) is 0 Å². The van der Waals surface area contributed by atoms with Gasteiger partial charge in [-0.1, -0.05) is 27.7 Å². The second kappa shape index (κ2) is 5.84. The number of carbonyl (C=O) groups excluding carboxylic acids is 1. The molecule has 0 aromatic carbocycles. The van der Waals surface area contributed by atoms with E-state index in [1.165, 1.54) is 0 Å². The maximum atomic E-state index is 11.7. The lowest BCUT2D eigenvalue weighted by atomic mass is 9.86. The largest absolute Gasteiger partial charge is 0.351 e. The number of hydrogen-bond donors (Lipinski definition) is 1. The van der Waals surface area contributed by atoms with Gasteiger partial charge in [-0.2, -0.15) is 0 Å². The summed E-state index contributed by atoms with van der Waals surface area (Å²) in [5.41, 5.74) is 0.0354. The van der Waals surface area contributed by atoms with Crippen molar-refractivity contribution in [2.45, 2.75) is 53.1 Å². The van der Waals surface area contributed by atoms with Crippen molar-refractivity contribution in [3.63, 3.8) is 0 Å². The second-order valence-corrected chi connectivity index (χ2v) is 5.50. The SMILES string of the molecule is CCCC(=O)NC(Cn1ccnc1)C(C)(C)C. The Labute approximate surface area is 103 Å². The van der Waals surface area contributed by atoms with Crippen molar-refractivity contribution >= 4 is 5.91 Å². The normalized spacial score (nSPS) is 13.4. The van der Waals surface area contributed by atoms with E-state index >= 15 is 0 Å². The molecule has 17 heavy (non-hydrogen) atoms. The number of nitrogens with zero attached hydrogens (tertiary/aromatic N) is 2. The summed E-state index contributed by atoms with van der Waals surface area (Å²) in [7, 11) is 0. The van der Waals surface area contributed by atoms with Crippen LogP contribution in [0.25, 0.3) is 0 Å². The number of amides is 1. The first kappa shape index (κ1) is 13.7. The Bertz CT molecular complexity index is 338. The first-order valence-electron chi connectivity index (χ1n) is 6.18. The highest BCUT2D eigenvalue weighted by atomic mass is 16.1. The molecule has 1 aromatic rings. The van der Waals surface area contributed by atoms with Gasteiger partial charge in [0.05, 0.1) is 12.4 Å². The molecule has 0 saturated carbocycles. The van der Waals surface area contributed by atoms with E-state index in [0.717, 1.165) is 13.0 Å². The molecule has 1 amide bonds. The zero-order chi connectivity index (χ0) is 12.9. The van der Waals surface area contributed by atoms with Crippen molar-refractivity contribution < 1.29 is 4.79 Å². The highest BCUT2D eigenvalue weighted by molar-refractivity contribution is 5.76. The van der Waals surface area contributed by atoms with E-state index in [9.17, 15) is 4.79 Å². The Morgan fingerprint density at radius 1 is 1.47 bits per heavy atom. The lowest BCUT2D eigenvalue weighted by molar-refractivity contribution is -0.122. The standard InChI is InChI=1S/C13H23N3O/c1-5-6-12(17)15-11(13(2,3)4)9-16-8-7-14-10-16/h7-8,10-11H,5-6,9H2,1-4H3,(H,15,17).